The zero-order valence-electron chi connectivity index (χ0n) is 12.0. The van der Waals surface area contributed by atoms with Crippen molar-refractivity contribution in [1.29, 1.82) is 0 Å². The fraction of sp³-hybridized carbons (Fsp3) is 0.733. The van der Waals surface area contributed by atoms with Gasteiger partial charge in [0.1, 0.15) is 5.82 Å². The van der Waals surface area contributed by atoms with E-state index in [1.54, 1.807) is 0 Å². The summed E-state index contributed by atoms with van der Waals surface area (Å²) in [4.78, 5) is 11.6. The smallest absolute Gasteiger partial charge is 0.150 e. The molecule has 2 fully saturated rings. The summed E-state index contributed by atoms with van der Waals surface area (Å²) in [5.74, 6) is 1.85. The fourth-order valence-corrected chi connectivity index (χ4v) is 2.87. The van der Waals surface area contributed by atoms with Crippen LogP contribution in [-0.4, -0.2) is 35.6 Å². The number of aromatic nitrogens is 2. The summed E-state index contributed by atoms with van der Waals surface area (Å²) in [6.07, 6.45) is 7.22. The number of hydrogen-bond donors (Lipinski definition) is 1. The van der Waals surface area contributed by atoms with Gasteiger partial charge in [0, 0.05) is 25.3 Å². The van der Waals surface area contributed by atoms with Crippen LogP contribution in [0.15, 0.2) is 6.20 Å². The van der Waals surface area contributed by atoms with E-state index in [0.717, 1.165) is 42.3 Å². The van der Waals surface area contributed by atoms with Gasteiger partial charge in [-0.1, -0.05) is 0 Å². The molecule has 1 saturated heterocycles. The lowest BCUT2D eigenvalue weighted by Gasteiger charge is -2.34. The molecule has 1 unspecified atom stereocenters. The Hall–Kier alpha value is -1.16. The Bertz CT molecular complexity index is 442. The highest BCUT2D eigenvalue weighted by atomic mass is 15.2. The molecule has 2 heterocycles. The third-order valence-electron chi connectivity index (χ3n) is 4.14. The molecule has 1 aliphatic carbocycles. The number of piperidine rings is 1. The van der Waals surface area contributed by atoms with Crippen LogP contribution in [0, 0.1) is 19.8 Å². The van der Waals surface area contributed by atoms with E-state index < -0.39 is 0 Å². The van der Waals surface area contributed by atoms with Crippen molar-refractivity contribution >= 4 is 5.82 Å². The van der Waals surface area contributed by atoms with Crippen molar-refractivity contribution in [2.45, 2.75) is 45.6 Å². The van der Waals surface area contributed by atoms with Crippen molar-refractivity contribution in [2.75, 3.05) is 24.5 Å². The molecule has 0 radical (unpaired) electrons. The van der Waals surface area contributed by atoms with Crippen molar-refractivity contribution in [3.8, 4) is 0 Å². The Morgan fingerprint density at radius 3 is 2.95 bits per heavy atom. The lowest BCUT2D eigenvalue weighted by atomic mass is 9.98. The molecular formula is C15H24N4. The molecule has 2 aliphatic rings. The van der Waals surface area contributed by atoms with Crippen LogP contribution in [0.4, 0.5) is 5.82 Å². The molecule has 4 heteroatoms. The number of nitrogens with zero attached hydrogens (tertiary/aromatic N) is 3. The van der Waals surface area contributed by atoms with Gasteiger partial charge in [-0.05, 0) is 52.0 Å². The van der Waals surface area contributed by atoms with Crippen LogP contribution in [0.3, 0.4) is 0 Å². The Balaban J connectivity index is 1.64. The molecule has 0 amide bonds. The predicted octanol–water partition coefficient (Wildman–Crippen LogP) is 2.06. The molecule has 1 aromatic heterocycles. The molecule has 1 N–H and O–H groups in total. The monoisotopic (exact) mass is 260 g/mol. The second-order valence-corrected chi connectivity index (χ2v) is 6.06. The van der Waals surface area contributed by atoms with Crippen LogP contribution in [0.2, 0.25) is 0 Å². The summed E-state index contributed by atoms with van der Waals surface area (Å²) in [5, 5.41) is 3.66. The molecule has 4 nitrogen and oxygen atoms in total. The summed E-state index contributed by atoms with van der Waals surface area (Å²) < 4.78 is 0. The second kappa shape index (κ2) is 5.45. The standard InChI is InChI=1S/C15H24N4/c1-11-8-16-12(2)15(18-11)19-7-3-4-13(10-19)9-17-14-5-6-14/h8,13-14,17H,3-7,9-10H2,1-2H3. The van der Waals surface area contributed by atoms with Gasteiger partial charge >= 0.3 is 0 Å². The topological polar surface area (TPSA) is 41.1 Å². The third kappa shape index (κ3) is 3.24. The normalized spacial score (nSPS) is 23.7. The van der Waals surface area contributed by atoms with Gasteiger partial charge in [-0.3, -0.25) is 4.98 Å². The average Bonchev–Trinajstić information content (AvgIpc) is 3.24. The molecule has 0 bridgehead atoms. The number of aryl methyl sites for hydroxylation is 2. The van der Waals surface area contributed by atoms with Gasteiger partial charge < -0.3 is 10.2 Å². The quantitative estimate of drug-likeness (QED) is 0.899. The van der Waals surface area contributed by atoms with Crippen molar-refractivity contribution in [3.63, 3.8) is 0 Å². The molecule has 0 aromatic carbocycles. The molecular weight excluding hydrogens is 236 g/mol. The molecule has 1 saturated carbocycles. The SMILES string of the molecule is Cc1cnc(C)c(N2CCCC(CNC3CC3)C2)n1. The summed E-state index contributed by atoms with van der Waals surface area (Å²) in [6.45, 7) is 7.50. The number of anilines is 1. The summed E-state index contributed by atoms with van der Waals surface area (Å²) >= 11 is 0. The maximum Gasteiger partial charge on any atom is 0.150 e. The second-order valence-electron chi connectivity index (χ2n) is 6.06. The first-order chi connectivity index (χ1) is 9.22. The van der Waals surface area contributed by atoms with Gasteiger partial charge in [-0.15, -0.1) is 0 Å². The van der Waals surface area contributed by atoms with Crippen molar-refractivity contribution < 1.29 is 0 Å². The Morgan fingerprint density at radius 1 is 1.32 bits per heavy atom. The first-order valence-electron chi connectivity index (χ1n) is 7.51. The Labute approximate surface area is 115 Å². The van der Waals surface area contributed by atoms with E-state index in [1.807, 2.05) is 13.1 Å². The van der Waals surface area contributed by atoms with E-state index in [9.17, 15) is 0 Å². The van der Waals surface area contributed by atoms with Crippen LogP contribution < -0.4 is 10.2 Å². The molecule has 1 aromatic rings. The van der Waals surface area contributed by atoms with Gasteiger partial charge in [-0.2, -0.15) is 0 Å². The predicted molar refractivity (Wildman–Crippen MR) is 77.5 cm³/mol. The van der Waals surface area contributed by atoms with Crippen LogP contribution in [0.5, 0.6) is 0 Å². The summed E-state index contributed by atoms with van der Waals surface area (Å²) in [6, 6.07) is 0.816. The average molecular weight is 260 g/mol. The molecule has 0 spiro atoms. The van der Waals surface area contributed by atoms with E-state index in [4.69, 9.17) is 0 Å². The van der Waals surface area contributed by atoms with Crippen molar-refractivity contribution in [1.82, 2.24) is 15.3 Å². The Kier molecular flexibility index (Phi) is 3.69. The maximum atomic E-state index is 4.68. The van der Waals surface area contributed by atoms with Crippen LogP contribution >= 0.6 is 0 Å². The lowest BCUT2D eigenvalue weighted by molar-refractivity contribution is 0.389. The van der Waals surface area contributed by atoms with E-state index in [2.05, 4.69) is 27.1 Å². The number of nitrogens with one attached hydrogen (secondary N) is 1. The van der Waals surface area contributed by atoms with Crippen LogP contribution in [-0.2, 0) is 0 Å². The first-order valence-corrected chi connectivity index (χ1v) is 7.51. The van der Waals surface area contributed by atoms with E-state index >= 15 is 0 Å². The van der Waals surface area contributed by atoms with Gasteiger partial charge in [0.25, 0.3) is 0 Å². The first kappa shape index (κ1) is 12.9. The minimum atomic E-state index is 0.760. The van der Waals surface area contributed by atoms with Crippen LogP contribution in [0.25, 0.3) is 0 Å². The van der Waals surface area contributed by atoms with E-state index in [0.29, 0.717) is 0 Å². The zero-order chi connectivity index (χ0) is 13.2. The zero-order valence-corrected chi connectivity index (χ0v) is 12.0. The highest BCUT2D eigenvalue weighted by Crippen LogP contribution is 2.25. The fourth-order valence-electron chi connectivity index (χ4n) is 2.87. The molecule has 1 atom stereocenters. The number of rotatable bonds is 4. The minimum absolute atomic E-state index is 0.760. The Morgan fingerprint density at radius 2 is 2.16 bits per heavy atom. The van der Waals surface area contributed by atoms with Crippen LogP contribution in [0.1, 0.15) is 37.1 Å². The van der Waals surface area contributed by atoms with Crippen molar-refractivity contribution in [2.24, 2.45) is 5.92 Å². The molecule has 3 rings (SSSR count). The van der Waals surface area contributed by atoms with Gasteiger partial charge in [0.05, 0.1) is 11.4 Å². The highest BCUT2D eigenvalue weighted by molar-refractivity contribution is 5.43. The molecule has 104 valence electrons. The van der Waals surface area contributed by atoms with Gasteiger partial charge in [-0.25, -0.2) is 4.98 Å². The lowest BCUT2D eigenvalue weighted by Crippen LogP contribution is -2.41. The molecule has 19 heavy (non-hydrogen) atoms. The van der Waals surface area contributed by atoms with Gasteiger partial charge in [0.15, 0.2) is 0 Å². The van der Waals surface area contributed by atoms with Gasteiger partial charge in [0.2, 0.25) is 0 Å². The summed E-state index contributed by atoms with van der Waals surface area (Å²) in [7, 11) is 0. The number of hydrogen-bond acceptors (Lipinski definition) is 4. The molecule has 1 aliphatic heterocycles. The van der Waals surface area contributed by atoms with Crippen molar-refractivity contribution in [3.05, 3.63) is 17.6 Å². The minimum Gasteiger partial charge on any atom is -0.355 e. The summed E-state index contributed by atoms with van der Waals surface area (Å²) in [5.41, 5.74) is 2.07. The third-order valence-corrected chi connectivity index (χ3v) is 4.14. The highest BCUT2D eigenvalue weighted by Gasteiger charge is 2.25. The van der Waals surface area contributed by atoms with E-state index in [1.165, 1.54) is 32.2 Å². The largest absolute Gasteiger partial charge is 0.355 e. The maximum absolute atomic E-state index is 4.68. The van der Waals surface area contributed by atoms with E-state index in [-0.39, 0.29) is 0 Å².